The van der Waals surface area contributed by atoms with E-state index in [0.717, 1.165) is 44.5 Å². The maximum atomic E-state index is 13.2. The highest BCUT2D eigenvalue weighted by molar-refractivity contribution is 5.91. The topological polar surface area (TPSA) is 33.5 Å². The number of hydrogen-bond donors (Lipinski definition) is 0. The highest BCUT2D eigenvalue weighted by Crippen LogP contribution is 2.46. The molecular weight excluding hydrogens is 442 g/mol. The minimum Gasteiger partial charge on any atom is -0.456 e. The zero-order chi connectivity index (χ0) is 25.5. The fourth-order valence-electron chi connectivity index (χ4n) is 6.18. The van der Waals surface area contributed by atoms with Crippen LogP contribution in [0.1, 0.15) is 97.5 Å². The molecule has 5 rings (SSSR count). The Morgan fingerprint density at radius 2 is 1.56 bits per heavy atom. The van der Waals surface area contributed by atoms with Gasteiger partial charge in [-0.05, 0) is 95.7 Å². The van der Waals surface area contributed by atoms with Crippen molar-refractivity contribution in [1.82, 2.24) is 4.90 Å². The van der Waals surface area contributed by atoms with Crippen LogP contribution in [0.25, 0.3) is 0 Å². The van der Waals surface area contributed by atoms with Gasteiger partial charge < -0.3 is 9.32 Å². The fraction of sp³-hybridized carbons (Fsp3) is 0.485. The lowest BCUT2D eigenvalue weighted by atomic mass is 9.62. The second kappa shape index (κ2) is 9.57. The van der Waals surface area contributed by atoms with Crippen LogP contribution in [-0.4, -0.2) is 23.9 Å². The minimum atomic E-state index is 0.0319. The van der Waals surface area contributed by atoms with Crippen LogP contribution in [0.5, 0.6) is 0 Å². The second-order valence-corrected chi connectivity index (χ2v) is 12.5. The molecular formula is C33H41NO2. The van der Waals surface area contributed by atoms with Crippen molar-refractivity contribution in [1.29, 1.82) is 0 Å². The van der Waals surface area contributed by atoms with E-state index in [4.69, 9.17) is 4.42 Å². The number of amides is 1. The van der Waals surface area contributed by atoms with Gasteiger partial charge in [0.05, 0.1) is 0 Å². The first-order chi connectivity index (χ1) is 17.1. The molecule has 0 unspecified atom stereocenters. The Kier molecular flexibility index (Phi) is 6.61. The molecule has 0 saturated carbocycles. The largest absolute Gasteiger partial charge is 0.456 e. The molecule has 1 saturated heterocycles. The summed E-state index contributed by atoms with van der Waals surface area (Å²) in [6, 6.07) is 19.4. The van der Waals surface area contributed by atoms with Gasteiger partial charge in [-0.1, -0.05) is 70.2 Å². The molecule has 0 bridgehead atoms. The third-order valence-electron chi connectivity index (χ3n) is 8.82. The van der Waals surface area contributed by atoms with Crippen molar-refractivity contribution in [2.45, 2.75) is 84.0 Å². The number of aryl methyl sites for hydroxylation is 1. The van der Waals surface area contributed by atoms with Gasteiger partial charge in [-0.15, -0.1) is 0 Å². The highest BCUT2D eigenvalue weighted by atomic mass is 16.4. The molecule has 0 spiro atoms. The smallest absolute Gasteiger partial charge is 0.289 e. The first-order valence-electron chi connectivity index (χ1n) is 13.7. The van der Waals surface area contributed by atoms with Crippen LogP contribution in [0.3, 0.4) is 0 Å². The van der Waals surface area contributed by atoms with Crippen molar-refractivity contribution in [2.24, 2.45) is 5.92 Å². The van der Waals surface area contributed by atoms with E-state index in [2.05, 4.69) is 77.1 Å². The van der Waals surface area contributed by atoms with Gasteiger partial charge >= 0.3 is 0 Å². The van der Waals surface area contributed by atoms with Crippen molar-refractivity contribution >= 4 is 5.91 Å². The summed E-state index contributed by atoms with van der Waals surface area (Å²) in [6.07, 6.45) is 6.35. The minimum absolute atomic E-state index is 0.0319. The quantitative estimate of drug-likeness (QED) is 0.374. The highest BCUT2D eigenvalue weighted by Gasteiger charge is 2.37. The lowest BCUT2D eigenvalue weighted by Crippen LogP contribution is -2.38. The van der Waals surface area contributed by atoms with Gasteiger partial charge in [0, 0.05) is 19.5 Å². The molecule has 1 aliphatic heterocycles. The molecule has 3 heteroatoms. The average molecular weight is 484 g/mol. The fourth-order valence-corrected chi connectivity index (χ4v) is 6.18. The van der Waals surface area contributed by atoms with E-state index >= 15 is 0 Å². The Morgan fingerprint density at radius 3 is 2.22 bits per heavy atom. The number of furan rings is 1. The molecule has 2 heterocycles. The summed E-state index contributed by atoms with van der Waals surface area (Å²) in [4.78, 5) is 15.1. The lowest BCUT2D eigenvalue weighted by molar-refractivity contribution is 0.0657. The van der Waals surface area contributed by atoms with E-state index in [0.29, 0.717) is 11.7 Å². The van der Waals surface area contributed by atoms with Gasteiger partial charge in [-0.25, -0.2) is 0 Å². The van der Waals surface area contributed by atoms with E-state index < -0.39 is 0 Å². The van der Waals surface area contributed by atoms with Crippen LogP contribution in [0.4, 0.5) is 0 Å². The molecule has 0 atom stereocenters. The van der Waals surface area contributed by atoms with Crippen LogP contribution >= 0.6 is 0 Å². The number of nitrogens with zero attached hydrogens (tertiary/aromatic N) is 1. The zero-order valence-corrected chi connectivity index (χ0v) is 22.7. The normalized spacial score (nSPS) is 19.2. The summed E-state index contributed by atoms with van der Waals surface area (Å²) in [5.41, 5.74) is 7.37. The molecule has 36 heavy (non-hydrogen) atoms. The molecule has 2 aliphatic rings. The number of piperidine rings is 1. The molecule has 2 aromatic carbocycles. The molecule has 1 amide bonds. The molecule has 1 fully saturated rings. The molecule has 3 nitrogen and oxygen atoms in total. The number of rotatable bonds is 5. The number of carbonyl (C=O) groups is 1. The predicted octanol–water partition coefficient (Wildman–Crippen LogP) is 7.62. The summed E-state index contributed by atoms with van der Waals surface area (Å²) >= 11 is 0. The van der Waals surface area contributed by atoms with E-state index in [9.17, 15) is 4.79 Å². The Balaban J connectivity index is 1.25. The Morgan fingerprint density at radius 1 is 0.917 bits per heavy atom. The van der Waals surface area contributed by atoms with Crippen molar-refractivity contribution in [3.63, 3.8) is 0 Å². The lowest BCUT2D eigenvalue weighted by Gasteiger charge is -2.42. The number of benzene rings is 2. The van der Waals surface area contributed by atoms with Gasteiger partial charge in [0.15, 0.2) is 5.76 Å². The third kappa shape index (κ3) is 5.03. The monoisotopic (exact) mass is 483 g/mol. The summed E-state index contributed by atoms with van der Waals surface area (Å²) < 4.78 is 6.13. The molecule has 0 N–H and O–H groups in total. The molecule has 0 radical (unpaired) electrons. The van der Waals surface area contributed by atoms with Crippen molar-refractivity contribution < 1.29 is 9.21 Å². The van der Waals surface area contributed by atoms with E-state index in [-0.39, 0.29) is 16.7 Å². The van der Waals surface area contributed by atoms with E-state index in [1.54, 1.807) is 0 Å². The van der Waals surface area contributed by atoms with Gasteiger partial charge in [0.25, 0.3) is 5.91 Å². The Hall–Kier alpha value is -2.81. The Bertz CT molecular complexity index is 1230. The summed E-state index contributed by atoms with van der Waals surface area (Å²) in [6.45, 7) is 13.3. The number of hydrogen-bond acceptors (Lipinski definition) is 2. The van der Waals surface area contributed by atoms with E-state index in [1.165, 1.54) is 40.7 Å². The summed E-state index contributed by atoms with van der Waals surface area (Å²) in [5, 5.41) is 0. The van der Waals surface area contributed by atoms with Crippen LogP contribution in [0.2, 0.25) is 0 Å². The molecule has 190 valence electrons. The number of carbonyl (C=O) groups excluding carboxylic acids is 1. The van der Waals surface area contributed by atoms with E-state index in [1.807, 2.05) is 17.0 Å². The Labute approximate surface area is 216 Å². The molecule has 1 aromatic heterocycles. The second-order valence-electron chi connectivity index (χ2n) is 12.5. The summed E-state index contributed by atoms with van der Waals surface area (Å²) in [7, 11) is 0. The number of likely N-dealkylation sites (tertiary alicyclic amines) is 1. The van der Waals surface area contributed by atoms with Crippen LogP contribution in [0.15, 0.2) is 59.0 Å². The van der Waals surface area contributed by atoms with Crippen molar-refractivity contribution in [3.05, 3.63) is 93.9 Å². The first kappa shape index (κ1) is 24.9. The van der Waals surface area contributed by atoms with Gasteiger partial charge in [0.1, 0.15) is 5.76 Å². The zero-order valence-electron chi connectivity index (χ0n) is 22.7. The SMILES string of the molecule is Cc1cc2c(cc1Cc1ccc(C(=O)N3CCC(Cc4ccccc4)CC3)o1)C(C)(C)CCC2(C)C. The van der Waals surface area contributed by atoms with Crippen molar-refractivity contribution in [3.8, 4) is 0 Å². The van der Waals surface area contributed by atoms with Gasteiger partial charge in [0.2, 0.25) is 0 Å². The predicted molar refractivity (Wildman–Crippen MR) is 147 cm³/mol. The van der Waals surface area contributed by atoms with Crippen LogP contribution in [-0.2, 0) is 23.7 Å². The number of fused-ring (bicyclic) bond motifs is 1. The van der Waals surface area contributed by atoms with Gasteiger partial charge in [-0.3, -0.25) is 4.79 Å². The third-order valence-corrected chi connectivity index (χ3v) is 8.82. The summed E-state index contributed by atoms with van der Waals surface area (Å²) in [5.74, 6) is 2.02. The molecule has 3 aromatic rings. The maximum absolute atomic E-state index is 13.2. The maximum Gasteiger partial charge on any atom is 0.289 e. The van der Waals surface area contributed by atoms with Crippen molar-refractivity contribution in [2.75, 3.05) is 13.1 Å². The molecule has 1 aliphatic carbocycles. The van der Waals surface area contributed by atoms with Crippen LogP contribution < -0.4 is 0 Å². The van der Waals surface area contributed by atoms with Crippen LogP contribution in [0, 0.1) is 12.8 Å². The standard InChI is InChI=1S/C33H41NO2/c1-23-19-28-29(33(4,5)16-15-32(28,2)3)22-26(23)21-27-11-12-30(36-27)31(35)34-17-13-25(14-18-34)20-24-9-7-6-8-10-24/h6-12,19,22,25H,13-18,20-21H2,1-5H3. The first-order valence-corrected chi connectivity index (χ1v) is 13.7. The average Bonchev–Trinajstić information content (AvgIpc) is 3.32. The van der Waals surface area contributed by atoms with Gasteiger partial charge in [-0.2, -0.15) is 0 Å².